The number of nitrogens with two attached hydrogens (primary N) is 3. The van der Waals surface area contributed by atoms with Crippen LogP contribution in [0, 0.1) is 11.8 Å². The van der Waals surface area contributed by atoms with Gasteiger partial charge in [0.25, 0.3) is 0 Å². The molecule has 2 aromatic carbocycles. The van der Waals surface area contributed by atoms with Gasteiger partial charge in [-0.1, -0.05) is 54.6 Å². The standard InChI is InChI=1S/C14H27N3O3.C14H13N/c15-9-10-4-6-11(7-5-10)13(18)17-8-2-1-3-12(16)14(19)20;15-14-10-8-13(9-11-14)7-6-12-4-2-1-3-5-12/h10-12H,1-9,15-16H2,(H,17,18)(H,19,20);1-11H,15H2/t10?,11?,12-;/m0./s1. The molecule has 7 nitrogen and oxygen atoms in total. The Labute approximate surface area is 208 Å². The number of carboxylic acid groups (broad SMARTS) is 1. The van der Waals surface area contributed by atoms with Crippen LogP contribution in [-0.4, -0.2) is 36.1 Å². The Kier molecular flexibility index (Phi) is 12.6. The van der Waals surface area contributed by atoms with Gasteiger partial charge in [-0.15, -0.1) is 0 Å². The molecule has 2 aromatic rings. The van der Waals surface area contributed by atoms with E-state index in [2.05, 4.69) is 29.6 Å². The summed E-state index contributed by atoms with van der Waals surface area (Å²) in [6, 6.07) is 17.3. The summed E-state index contributed by atoms with van der Waals surface area (Å²) in [5.74, 6) is -0.135. The van der Waals surface area contributed by atoms with Crippen LogP contribution in [0.15, 0.2) is 54.6 Å². The highest BCUT2D eigenvalue weighted by molar-refractivity contribution is 5.78. The maximum Gasteiger partial charge on any atom is 0.320 e. The van der Waals surface area contributed by atoms with Crippen LogP contribution in [0.2, 0.25) is 0 Å². The van der Waals surface area contributed by atoms with Gasteiger partial charge in [-0.3, -0.25) is 9.59 Å². The molecule has 7 heteroatoms. The number of unbranched alkanes of at least 4 members (excludes halogenated alkanes) is 1. The highest BCUT2D eigenvalue weighted by Gasteiger charge is 2.25. The van der Waals surface area contributed by atoms with Crippen molar-refractivity contribution in [3.8, 4) is 0 Å². The molecule has 1 atom stereocenters. The second-order valence-corrected chi connectivity index (χ2v) is 9.10. The predicted molar refractivity (Wildman–Crippen MR) is 143 cm³/mol. The summed E-state index contributed by atoms with van der Waals surface area (Å²) in [5.41, 5.74) is 19.8. The normalized spacial score (nSPS) is 18.3. The summed E-state index contributed by atoms with van der Waals surface area (Å²) in [4.78, 5) is 22.5. The molecule has 0 bridgehead atoms. The third-order valence-corrected chi connectivity index (χ3v) is 6.31. The average molecular weight is 481 g/mol. The Morgan fingerprint density at radius 3 is 2.11 bits per heavy atom. The SMILES string of the molecule is NCC1CCC(C(=O)NCCCC[C@H](N)C(=O)O)CC1.Nc1ccc(C=Cc2ccccc2)cc1. The fraction of sp³-hybridized carbons (Fsp3) is 0.429. The number of nitrogen functional groups attached to an aromatic ring is 1. The molecule has 1 aliphatic rings. The van der Waals surface area contributed by atoms with Gasteiger partial charge in [0, 0.05) is 18.2 Å². The van der Waals surface area contributed by atoms with Crippen molar-refractivity contribution in [2.24, 2.45) is 23.3 Å². The van der Waals surface area contributed by atoms with Crippen LogP contribution >= 0.6 is 0 Å². The minimum atomic E-state index is -0.967. The van der Waals surface area contributed by atoms with E-state index in [0.29, 0.717) is 25.3 Å². The molecule has 0 spiro atoms. The second kappa shape index (κ2) is 15.7. The predicted octanol–water partition coefficient (Wildman–Crippen LogP) is 3.89. The largest absolute Gasteiger partial charge is 0.480 e. The Morgan fingerprint density at radius 2 is 1.54 bits per heavy atom. The first-order chi connectivity index (χ1) is 16.9. The Morgan fingerprint density at radius 1 is 0.943 bits per heavy atom. The van der Waals surface area contributed by atoms with Crippen LogP contribution in [0.25, 0.3) is 12.2 Å². The zero-order valence-electron chi connectivity index (χ0n) is 20.4. The number of benzene rings is 2. The Hall–Kier alpha value is -3.16. The number of anilines is 1. The van der Waals surface area contributed by atoms with E-state index >= 15 is 0 Å². The van der Waals surface area contributed by atoms with E-state index in [0.717, 1.165) is 49.9 Å². The van der Waals surface area contributed by atoms with Gasteiger partial charge >= 0.3 is 5.97 Å². The van der Waals surface area contributed by atoms with Crippen LogP contribution in [0.1, 0.15) is 56.1 Å². The molecule has 0 saturated heterocycles. The quantitative estimate of drug-likeness (QED) is 0.198. The van der Waals surface area contributed by atoms with E-state index in [1.165, 1.54) is 5.56 Å². The Bertz CT molecular complexity index is 908. The van der Waals surface area contributed by atoms with Crippen molar-refractivity contribution >= 4 is 29.7 Å². The maximum absolute atomic E-state index is 11.9. The van der Waals surface area contributed by atoms with Gasteiger partial charge in [0.2, 0.25) is 5.91 Å². The smallest absolute Gasteiger partial charge is 0.320 e. The highest BCUT2D eigenvalue weighted by atomic mass is 16.4. The van der Waals surface area contributed by atoms with Gasteiger partial charge in [-0.25, -0.2) is 0 Å². The van der Waals surface area contributed by atoms with Crippen LogP contribution in [0.5, 0.6) is 0 Å². The number of rotatable bonds is 10. The van der Waals surface area contributed by atoms with Crippen molar-refractivity contribution in [3.63, 3.8) is 0 Å². The number of amides is 1. The molecule has 1 amide bonds. The summed E-state index contributed by atoms with van der Waals surface area (Å²) in [5, 5.41) is 11.6. The van der Waals surface area contributed by atoms with Crippen LogP contribution in [0.3, 0.4) is 0 Å². The zero-order valence-corrected chi connectivity index (χ0v) is 20.4. The first-order valence-corrected chi connectivity index (χ1v) is 12.4. The number of hydrogen-bond acceptors (Lipinski definition) is 5. The lowest BCUT2D eigenvalue weighted by Crippen LogP contribution is -2.35. The first kappa shape index (κ1) is 28.1. The zero-order chi connectivity index (χ0) is 25.5. The van der Waals surface area contributed by atoms with Crippen LogP contribution in [0.4, 0.5) is 5.69 Å². The number of hydrogen-bond donors (Lipinski definition) is 5. The summed E-state index contributed by atoms with van der Waals surface area (Å²) in [6.45, 7) is 1.32. The van der Waals surface area contributed by atoms with Crippen LogP contribution < -0.4 is 22.5 Å². The van der Waals surface area contributed by atoms with Crippen molar-refractivity contribution in [2.75, 3.05) is 18.8 Å². The Balaban J connectivity index is 0.000000256. The van der Waals surface area contributed by atoms with E-state index in [9.17, 15) is 9.59 Å². The number of aliphatic carboxylic acids is 1. The molecule has 0 unspecified atom stereocenters. The molecule has 1 saturated carbocycles. The number of carbonyl (C=O) groups excluding carboxylic acids is 1. The molecule has 3 rings (SSSR count). The van der Waals surface area contributed by atoms with Gasteiger partial charge in [-0.05, 0) is 80.7 Å². The van der Waals surface area contributed by atoms with E-state index < -0.39 is 12.0 Å². The fourth-order valence-electron chi connectivity index (χ4n) is 3.99. The van der Waals surface area contributed by atoms with E-state index in [1.807, 2.05) is 42.5 Å². The summed E-state index contributed by atoms with van der Waals surface area (Å²) >= 11 is 0. The van der Waals surface area contributed by atoms with Gasteiger partial charge in [0.15, 0.2) is 0 Å². The molecule has 8 N–H and O–H groups in total. The molecule has 0 radical (unpaired) electrons. The third-order valence-electron chi connectivity index (χ3n) is 6.31. The lowest BCUT2D eigenvalue weighted by atomic mass is 9.81. The van der Waals surface area contributed by atoms with Gasteiger partial charge in [-0.2, -0.15) is 0 Å². The maximum atomic E-state index is 11.9. The van der Waals surface area contributed by atoms with Gasteiger partial charge in [0.05, 0.1) is 0 Å². The average Bonchev–Trinajstić information content (AvgIpc) is 2.89. The minimum Gasteiger partial charge on any atom is -0.480 e. The van der Waals surface area contributed by atoms with E-state index in [-0.39, 0.29) is 11.8 Å². The molecular formula is C28H40N4O3. The highest BCUT2D eigenvalue weighted by Crippen LogP contribution is 2.28. The number of carbonyl (C=O) groups is 2. The molecule has 0 heterocycles. The first-order valence-electron chi connectivity index (χ1n) is 12.4. The van der Waals surface area contributed by atoms with Gasteiger partial charge in [0.1, 0.15) is 6.04 Å². The van der Waals surface area contributed by atoms with E-state index in [1.54, 1.807) is 0 Å². The number of carboxylic acids is 1. The molecule has 190 valence electrons. The van der Waals surface area contributed by atoms with Crippen molar-refractivity contribution in [1.82, 2.24) is 5.32 Å². The van der Waals surface area contributed by atoms with Crippen molar-refractivity contribution < 1.29 is 14.7 Å². The van der Waals surface area contributed by atoms with Crippen molar-refractivity contribution in [2.45, 2.75) is 51.0 Å². The van der Waals surface area contributed by atoms with Crippen molar-refractivity contribution in [1.29, 1.82) is 0 Å². The van der Waals surface area contributed by atoms with E-state index in [4.69, 9.17) is 22.3 Å². The lowest BCUT2D eigenvalue weighted by molar-refractivity contribution is -0.138. The molecular weight excluding hydrogens is 440 g/mol. The number of nitrogens with one attached hydrogen (secondary N) is 1. The lowest BCUT2D eigenvalue weighted by Gasteiger charge is -2.26. The topological polar surface area (TPSA) is 144 Å². The van der Waals surface area contributed by atoms with Crippen LogP contribution in [-0.2, 0) is 9.59 Å². The second-order valence-electron chi connectivity index (χ2n) is 9.10. The van der Waals surface area contributed by atoms with Gasteiger partial charge < -0.3 is 27.6 Å². The minimum absolute atomic E-state index is 0.124. The molecule has 1 aliphatic carbocycles. The summed E-state index contributed by atoms with van der Waals surface area (Å²) in [7, 11) is 0. The molecule has 0 aliphatic heterocycles. The molecule has 0 aromatic heterocycles. The monoisotopic (exact) mass is 480 g/mol. The molecule has 35 heavy (non-hydrogen) atoms. The summed E-state index contributed by atoms with van der Waals surface area (Å²) in [6.07, 6.45) is 10.0. The molecule has 1 fully saturated rings. The van der Waals surface area contributed by atoms with Crippen molar-refractivity contribution in [3.05, 3.63) is 65.7 Å². The fourth-order valence-corrected chi connectivity index (χ4v) is 3.99. The summed E-state index contributed by atoms with van der Waals surface area (Å²) < 4.78 is 0. The third kappa shape index (κ3) is 11.2.